The highest BCUT2D eigenvalue weighted by molar-refractivity contribution is 7.18. The Hall–Kier alpha value is -1.13. The minimum Gasteiger partial charge on any atom is -0.478 e. The zero-order valence-electron chi connectivity index (χ0n) is 7.24. The Morgan fingerprint density at radius 1 is 1.64 bits per heavy atom. The number of fused-ring (bicyclic) bond motifs is 1. The molecule has 2 aromatic heterocycles. The van der Waals surface area contributed by atoms with Crippen molar-refractivity contribution < 1.29 is 9.90 Å². The standard InChI is InChI=1S/C9H6ClNO2S/c1-4-2-6(10)8-7(11-4)5(3-14-8)9(12)13/h2-3H,1H3,(H,12,13). The van der Waals surface area contributed by atoms with Crippen LogP contribution in [0, 0.1) is 6.92 Å². The number of carboxylic acid groups (broad SMARTS) is 1. The maximum Gasteiger partial charge on any atom is 0.338 e. The maximum atomic E-state index is 10.8. The van der Waals surface area contributed by atoms with Crippen molar-refractivity contribution >= 4 is 39.1 Å². The SMILES string of the molecule is Cc1cc(Cl)c2scc(C(=O)O)c2n1. The van der Waals surface area contributed by atoms with Crippen LogP contribution in [0.15, 0.2) is 11.4 Å². The molecule has 0 saturated heterocycles. The van der Waals surface area contributed by atoms with Crippen molar-refractivity contribution in [2.24, 2.45) is 0 Å². The van der Waals surface area contributed by atoms with Gasteiger partial charge in [0.25, 0.3) is 0 Å². The summed E-state index contributed by atoms with van der Waals surface area (Å²) in [6, 6.07) is 1.73. The summed E-state index contributed by atoms with van der Waals surface area (Å²) < 4.78 is 0.731. The molecule has 0 aliphatic carbocycles. The van der Waals surface area contributed by atoms with Gasteiger partial charge in [-0.3, -0.25) is 4.98 Å². The smallest absolute Gasteiger partial charge is 0.338 e. The van der Waals surface area contributed by atoms with Gasteiger partial charge >= 0.3 is 5.97 Å². The van der Waals surface area contributed by atoms with Crippen LogP contribution in [-0.2, 0) is 0 Å². The average molecular weight is 228 g/mol. The van der Waals surface area contributed by atoms with E-state index in [1.54, 1.807) is 18.4 Å². The largest absolute Gasteiger partial charge is 0.478 e. The molecule has 0 aromatic carbocycles. The number of aromatic carboxylic acids is 1. The van der Waals surface area contributed by atoms with Gasteiger partial charge in [-0.2, -0.15) is 0 Å². The van der Waals surface area contributed by atoms with E-state index in [0.29, 0.717) is 10.5 Å². The molecule has 0 spiro atoms. The quantitative estimate of drug-likeness (QED) is 0.815. The van der Waals surface area contributed by atoms with E-state index >= 15 is 0 Å². The molecule has 0 aliphatic rings. The summed E-state index contributed by atoms with van der Waals surface area (Å²) in [5.74, 6) is -0.967. The molecule has 2 heterocycles. The van der Waals surface area contributed by atoms with Crippen LogP contribution < -0.4 is 0 Å². The van der Waals surface area contributed by atoms with Gasteiger partial charge in [-0.15, -0.1) is 11.3 Å². The topological polar surface area (TPSA) is 50.2 Å². The first-order valence-electron chi connectivity index (χ1n) is 3.87. The van der Waals surface area contributed by atoms with E-state index in [4.69, 9.17) is 16.7 Å². The van der Waals surface area contributed by atoms with Crippen LogP contribution in [0.25, 0.3) is 10.2 Å². The fraction of sp³-hybridized carbons (Fsp3) is 0.111. The second-order valence-electron chi connectivity index (χ2n) is 2.88. The van der Waals surface area contributed by atoms with E-state index in [9.17, 15) is 4.79 Å². The molecule has 3 nitrogen and oxygen atoms in total. The van der Waals surface area contributed by atoms with Crippen molar-refractivity contribution in [2.45, 2.75) is 6.92 Å². The van der Waals surface area contributed by atoms with Gasteiger partial charge in [0.2, 0.25) is 0 Å². The number of carboxylic acids is 1. The van der Waals surface area contributed by atoms with E-state index in [1.807, 2.05) is 0 Å². The normalized spacial score (nSPS) is 10.7. The highest BCUT2D eigenvalue weighted by Crippen LogP contribution is 2.31. The second kappa shape index (κ2) is 3.22. The van der Waals surface area contributed by atoms with Gasteiger partial charge < -0.3 is 5.11 Å². The lowest BCUT2D eigenvalue weighted by Gasteiger charge is -1.96. The molecule has 1 N–H and O–H groups in total. The van der Waals surface area contributed by atoms with Gasteiger partial charge in [-0.25, -0.2) is 4.79 Å². The van der Waals surface area contributed by atoms with Gasteiger partial charge in [0, 0.05) is 11.1 Å². The Morgan fingerprint density at radius 3 is 3.00 bits per heavy atom. The number of nitrogens with zero attached hydrogens (tertiary/aromatic N) is 1. The zero-order valence-corrected chi connectivity index (χ0v) is 8.82. The zero-order chi connectivity index (χ0) is 10.3. The molecule has 2 rings (SSSR count). The van der Waals surface area contributed by atoms with E-state index in [-0.39, 0.29) is 5.56 Å². The van der Waals surface area contributed by atoms with Crippen LogP contribution in [0.5, 0.6) is 0 Å². The maximum absolute atomic E-state index is 10.8. The molecule has 0 saturated carbocycles. The second-order valence-corrected chi connectivity index (χ2v) is 4.16. The lowest BCUT2D eigenvalue weighted by molar-refractivity contribution is 0.0699. The Labute approximate surface area is 89.0 Å². The van der Waals surface area contributed by atoms with Gasteiger partial charge in [-0.05, 0) is 13.0 Å². The minimum absolute atomic E-state index is 0.218. The van der Waals surface area contributed by atoms with Crippen molar-refractivity contribution in [1.82, 2.24) is 4.98 Å². The Balaban J connectivity index is 2.85. The van der Waals surface area contributed by atoms with E-state index < -0.39 is 5.97 Å². The minimum atomic E-state index is -0.967. The van der Waals surface area contributed by atoms with Crippen molar-refractivity contribution in [3.63, 3.8) is 0 Å². The Kier molecular flexibility index (Phi) is 2.17. The molecule has 0 atom stereocenters. The molecule has 0 unspecified atom stereocenters. The first kappa shape index (κ1) is 9.43. The summed E-state index contributed by atoms with van der Waals surface area (Å²) in [5.41, 5.74) is 1.42. The molecule has 2 aromatic rings. The van der Waals surface area contributed by atoms with Gasteiger partial charge in [0.15, 0.2) is 0 Å². The summed E-state index contributed by atoms with van der Waals surface area (Å²) in [7, 11) is 0. The Morgan fingerprint density at radius 2 is 2.36 bits per heavy atom. The fourth-order valence-corrected chi connectivity index (χ4v) is 2.51. The lowest BCUT2D eigenvalue weighted by Crippen LogP contribution is -1.95. The molecule has 0 fully saturated rings. The number of hydrogen-bond acceptors (Lipinski definition) is 3. The van der Waals surface area contributed by atoms with Crippen molar-refractivity contribution in [1.29, 1.82) is 0 Å². The molecular weight excluding hydrogens is 222 g/mol. The molecule has 0 radical (unpaired) electrons. The van der Waals surface area contributed by atoms with Crippen LogP contribution in [0.3, 0.4) is 0 Å². The fourth-order valence-electron chi connectivity index (χ4n) is 1.24. The number of hydrogen-bond donors (Lipinski definition) is 1. The monoisotopic (exact) mass is 227 g/mol. The molecule has 0 bridgehead atoms. The number of rotatable bonds is 1. The van der Waals surface area contributed by atoms with Crippen molar-refractivity contribution in [3.8, 4) is 0 Å². The number of aryl methyl sites for hydroxylation is 1. The van der Waals surface area contributed by atoms with Gasteiger partial charge in [0.1, 0.15) is 0 Å². The van der Waals surface area contributed by atoms with Crippen molar-refractivity contribution in [3.05, 3.63) is 27.7 Å². The molecular formula is C9H6ClNO2S. The third-order valence-corrected chi connectivity index (χ3v) is 3.25. The first-order valence-corrected chi connectivity index (χ1v) is 5.13. The van der Waals surface area contributed by atoms with Gasteiger partial charge in [0.05, 0.1) is 20.8 Å². The third kappa shape index (κ3) is 1.36. The van der Waals surface area contributed by atoms with E-state index in [1.165, 1.54) is 11.3 Å². The van der Waals surface area contributed by atoms with Crippen LogP contribution in [0.4, 0.5) is 0 Å². The predicted octanol–water partition coefficient (Wildman–Crippen LogP) is 2.96. The molecule has 0 aliphatic heterocycles. The first-order chi connectivity index (χ1) is 6.59. The number of halogens is 1. The molecule has 5 heteroatoms. The number of pyridine rings is 1. The highest BCUT2D eigenvalue weighted by atomic mass is 35.5. The highest BCUT2D eigenvalue weighted by Gasteiger charge is 2.14. The molecule has 0 amide bonds. The summed E-state index contributed by atoms with van der Waals surface area (Å²) in [4.78, 5) is 15.0. The molecule has 72 valence electrons. The number of carbonyl (C=O) groups is 1. The average Bonchev–Trinajstić information content (AvgIpc) is 2.47. The van der Waals surface area contributed by atoms with E-state index in [2.05, 4.69) is 4.98 Å². The van der Waals surface area contributed by atoms with E-state index in [0.717, 1.165) is 10.4 Å². The van der Waals surface area contributed by atoms with Crippen LogP contribution in [-0.4, -0.2) is 16.1 Å². The van der Waals surface area contributed by atoms with Crippen LogP contribution in [0.1, 0.15) is 16.1 Å². The number of aromatic nitrogens is 1. The van der Waals surface area contributed by atoms with Crippen LogP contribution >= 0.6 is 22.9 Å². The Bertz CT molecular complexity index is 521. The van der Waals surface area contributed by atoms with Crippen LogP contribution in [0.2, 0.25) is 5.02 Å². The third-order valence-electron chi connectivity index (χ3n) is 1.84. The van der Waals surface area contributed by atoms with Gasteiger partial charge in [-0.1, -0.05) is 11.6 Å². The summed E-state index contributed by atoms with van der Waals surface area (Å²) in [6.45, 7) is 1.79. The summed E-state index contributed by atoms with van der Waals surface area (Å²) in [6.07, 6.45) is 0. The summed E-state index contributed by atoms with van der Waals surface area (Å²) in [5, 5.41) is 11.0. The molecule has 14 heavy (non-hydrogen) atoms. The van der Waals surface area contributed by atoms with Crippen molar-refractivity contribution in [2.75, 3.05) is 0 Å². The number of thiophene rings is 1. The lowest BCUT2D eigenvalue weighted by atomic mass is 10.2. The predicted molar refractivity (Wildman–Crippen MR) is 56.3 cm³/mol. The summed E-state index contributed by atoms with van der Waals surface area (Å²) >= 11 is 7.26.